The molecule has 0 N–H and O–H groups in total. The van der Waals surface area contributed by atoms with Crippen molar-refractivity contribution in [2.75, 3.05) is 13.7 Å². The molecule has 2 heterocycles. The number of aromatic nitrogens is 1. The first-order valence-electron chi connectivity index (χ1n) is 8.51. The first-order chi connectivity index (χ1) is 12.9. The Labute approximate surface area is 162 Å². The van der Waals surface area contributed by atoms with E-state index in [1.54, 1.807) is 13.2 Å². The van der Waals surface area contributed by atoms with Crippen LogP contribution in [0.25, 0.3) is 5.69 Å². The number of rotatable bonds is 6. The van der Waals surface area contributed by atoms with Crippen molar-refractivity contribution >= 4 is 23.1 Å². The molecule has 0 amide bonds. The van der Waals surface area contributed by atoms with Crippen molar-refractivity contribution in [3.8, 4) is 11.4 Å². The Kier molecular flexibility index (Phi) is 5.46. The fourth-order valence-corrected chi connectivity index (χ4v) is 3.76. The minimum Gasteiger partial charge on any atom is -0.497 e. The lowest BCUT2D eigenvalue weighted by Crippen LogP contribution is -2.14. The maximum atomic E-state index is 12.6. The van der Waals surface area contributed by atoms with Gasteiger partial charge in [-0.25, -0.2) is 4.79 Å². The fraction of sp³-hybridized carbons (Fsp3) is 0.238. The van der Waals surface area contributed by atoms with Crippen molar-refractivity contribution in [2.24, 2.45) is 0 Å². The number of hydrogen-bond acceptors (Lipinski definition) is 5. The molecule has 3 rings (SSSR count). The molecule has 3 aromatic rings. The molecule has 6 heteroatoms. The summed E-state index contributed by atoms with van der Waals surface area (Å²) in [6, 6.07) is 13.0. The van der Waals surface area contributed by atoms with Crippen molar-refractivity contribution in [1.82, 2.24) is 4.57 Å². The van der Waals surface area contributed by atoms with Crippen molar-refractivity contribution in [2.45, 2.75) is 20.8 Å². The summed E-state index contributed by atoms with van der Waals surface area (Å²) in [6.07, 6.45) is 0. The summed E-state index contributed by atoms with van der Waals surface area (Å²) in [7, 11) is 1.62. The second kappa shape index (κ2) is 7.80. The van der Waals surface area contributed by atoms with Gasteiger partial charge in [-0.2, -0.15) is 0 Å². The van der Waals surface area contributed by atoms with Gasteiger partial charge in [-0.3, -0.25) is 4.79 Å². The average molecular weight is 383 g/mol. The maximum Gasteiger partial charge on any atom is 0.348 e. The lowest BCUT2D eigenvalue weighted by atomic mass is 10.1. The summed E-state index contributed by atoms with van der Waals surface area (Å²) in [5.74, 6) is 0.0862. The molecular weight excluding hydrogens is 362 g/mol. The van der Waals surface area contributed by atoms with Crippen LogP contribution >= 0.6 is 11.3 Å². The van der Waals surface area contributed by atoms with Crippen molar-refractivity contribution in [3.63, 3.8) is 0 Å². The predicted octanol–water partition coefficient (Wildman–Crippen LogP) is 4.51. The molecule has 0 radical (unpaired) electrons. The van der Waals surface area contributed by atoms with E-state index in [2.05, 4.69) is 0 Å². The highest BCUT2D eigenvalue weighted by atomic mass is 32.1. The first-order valence-corrected chi connectivity index (χ1v) is 9.32. The molecular formula is C21H21NO4S. The molecule has 0 aliphatic heterocycles. The number of carbonyl (C=O) groups is 2. The van der Waals surface area contributed by atoms with E-state index >= 15 is 0 Å². The molecule has 0 saturated heterocycles. The van der Waals surface area contributed by atoms with Crippen LogP contribution in [-0.4, -0.2) is 30.0 Å². The largest absolute Gasteiger partial charge is 0.497 e. The van der Waals surface area contributed by atoms with Crippen LogP contribution in [-0.2, 0) is 4.74 Å². The maximum absolute atomic E-state index is 12.6. The molecule has 0 spiro atoms. The number of aryl methyl sites for hydroxylation is 2. The third kappa shape index (κ3) is 3.95. The number of ether oxygens (including phenoxy) is 2. The minimum absolute atomic E-state index is 0.218. The third-order valence-corrected chi connectivity index (χ3v) is 5.32. The van der Waals surface area contributed by atoms with Gasteiger partial charge in [0.1, 0.15) is 10.6 Å². The summed E-state index contributed by atoms with van der Waals surface area (Å²) in [5, 5.41) is 0. The zero-order chi connectivity index (χ0) is 19.6. The van der Waals surface area contributed by atoms with E-state index in [1.165, 1.54) is 11.3 Å². The van der Waals surface area contributed by atoms with Gasteiger partial charge in [0.2, 0.25) is 5.78 Å². The predicted molar refractivity (Wildman–Crippen MR) is 105 cm³/mol. The Bertz CT molecular complexity index is 982. The molecule has 27 heavy (non-hydrogen) atoms. The number of carbonyl (C=O) groups excluding carboxylic acids is 2. The number of ketones is 1. The standard InChI is InChI=1S/C21H21NO4S/c1-13-11-18(15(3)22(13)16-6-8-17(25-4)9-7-16)19(23)12-26-21(24)20-10-5-14(2)27-20/h5-11H,12H2,1-4H3. The molecule has 5 nitrogen and oxygen atoms in total. The number of esters is 1. The Hall–Kier alpha value is -2.86. The van der Waals surface area contributed by atoms with Crippen LogP contribution in [0.3, 0.4) is 0 Å². The second-order valence-electron chi connectivity index (χ2n) is 6.23. The van der Waals surface area contributed by atoms with Crippen LogP contribution in [0.1, 0.15) is 36.3 Å². The monoisotopic (exact) mass is 383 g/mol. The van der Waals surface area contributed by atoms with E-state index in [1.807, 2.05) is 61.7 Å². The van der Waals surface area contributed by atoms with Gasteiger partial charge in [0.25, 0.3) is 0 Å². The first kappa shape index (κ1) is 18.9. The number of nitrogens with zero attached hydrogens (tertiary/aromatic N) is 1. The van der Waals surface area contributed by atoms with Gasteiger partial charge in [0, 0.05) is 27.5 Å². The quantitative estimate of drug-likeness (QED) is 0.464. The van der Waals surface area contributed by atoms with E-state index < -0.39 is 5.97 Å². The van der Waals surface area contributed by atoms with Crippen LogP contribution < -0.4 is 4.74 Å². The number of methoxy groups -OCH3 is 1. The fourth-order valence-electron chi connectivity index (χ4n) is 3.00. The third-order valence-electron chi connectivity index (χ3n) is 4.34. The molecule has 0 aliphatic rings. The van der Waals surface area contributed by atoms with E-state index in [9.17, 15) is 9.59 Å². The van der Waals surface area contributed by atoms with Crippen LogP contribution in [0.2, 0.25) is 0 Å². The second-order valence-corrected chi connectivity index (χ2v) is 7.52. The van der Waals surface area contributed by atoms with Gasteiger partial charge in [-0.05, 0) is 63.2 Å². The topological polar surface area (TPSA) is 57.5 Å². The van der Waals surface area contributed by atoms with Crippen molar-refractivity contribution in [3.05, 3.63) is 69.2 Å². The number of hydrogen-bond donors (Lipinski definition) is 0. The lowest BCUT2D eigenvalue weighted by molar-refractivity contribution is 0.0479. The van der Waals surface area contributed by atoms with E-state index in [4.69, 9.17) is 9.47 Å². The summed E-state index contributed by atoms with van der Waals surface area (Å²) in [5.41, 5.74) is 3.24. The Morgan fingerprint density at radius 3 is 2.33 bits per heavy atom. The molecule has 0 atom stereocenters. The highest BCUT2D eigenvalue weighted by Gasteiger charge is 2.19. The average Bonchev–Trinajstić information content (AvgIpc) is 3.22. The molecule has 1 aromatic carbocycles. The van der Waals surface area contributed by atoms with Crippen LogP contribution in [0.5, 0.6) is 5.75 Å². The summed E-state index contributed by atoms with van der Waals surface area (Å²) < 4.78 is 12.4. The van der Waals surface area contributed by atoms with Crippen LogP contribution in [0.15, 0.2) is 42.5 Å². The zero-order valence-electron chi connectivity index (χ0n) is 15.7. The molecule has 0 fully saturated rings. The molecule has 0 bridgehead atoms. The van der Waals surface area contributed by atoms with Gasteiger partial charge < -0.3 is 14.0 Å². The van der Waals surface area contributed by atoms with Crippen molar-refractivity contribution < 1.29 is 19.1 Å². The van der Waals surface area contributed by atoms with Gasteiger partial charge in [0.15, 0.2) is 6.61 Å². The van der Waals surface area contributed by atoms with Gasteiger partial charge >= 0.3 is 5.97 Å². The number of Topliss-reactive ketones (excluding diaryl/α,β-unsaturated/α-hetero) is 1. The molecule has 0 aliphatic carbocycles. The molecule has 140 valence electrons. The van der Waals surface area contributed by atoms with Gasteiger partial charge in [-0.1, -0.05) is 0 Å². The SMILES string of the molecule is COc1ccc(-n2c(C)cc(C(=O)COC(=O)c3ccc(C)s3)c2C)cc1. The lowest BCUT2D eigenvalue weighted by Gasteiger charge is -2.10. The summed E-state index contributed by atoms with van der Waals surface area (Å²) >= 11 is 1.35. The smallest absolute Gasteiger partial charge is 0.348 e. The van der Waals surface area contributed by atoms with Gasteiger partial charge in [0.05, 0.1) is 7.11 Å². The minimum atomic E-state index is -0.467. The van der Waals surface area contributed by atoms with E-state index in [0.29, 0.717) is 10.4 Å². The Morgan fingerprint density at radius 1 is 1.04 bits per heavy atom. The van der Waals surface area contributed by atoms with Crippen molar-refractivity contribution in [1.29, 1.82) is 0 Å². The zero-order valence-corrected chi connectivity index (χ0v) is 16.6. The molecule has 0 saturated carbocycles. The highest BCUT2D eigenvalue weighted by Crippen LogP contribution is 2.23. The number of thiophene rings is 1. The molecule has 0 unspecified atom stereocenters. The van der Waals surface area contributed by atoms with Gasteiger partial charge in [-0.15, -0.1) is 11.3 Å². The highest BCUT2D eigenvalue weighted by molar-refractivity contribution is 7.13. The van der Waals surface area contributed by atoms with Crippen LogP contribution in [0.4, 0.5) is 0 Å². The summed E-state index contributed by atoms with van der Waals surface area (Å²) in [4.78, 5) is 26.2. The summed E-state index contributed by atoms with van der Waals surface area (Å²) in [6.45, 7) is 5.46. The molecule has 2 aromatic heterocycles. The van der Waals surface area contributed by atoms with E-state index in [0.717, 1.165) is 27.7 Å². The van der Waals surface area contributed by atoms with E-state index in [-0.39, 0.29) is 12.4 Å². The Morgan fingerprint density at radius 2 is 1.74 bits per heavy atom. The van der Waals surface area contributed by atoms with Crippen LogP contribution in [0, 0.1) is 20.8 Å². The normalized spacial score (nSPS) is 10.7. The number of benzene rings is 1. The Balaban J connectivity index is 1.76.